The largest absolute Gasteiger partial charge is 0.497 e. The molecule has 0 bridgehead atoms. The normalized spacial score (nSPS) is 22.3. The van der Waals surface area contributed by atoms with Crippen LogP contribution in [-0.2, 0) is 19.9 Å². The minimum Gasteiger partial charge on any atom is -0.497 e. The molecule has 0 aliphatic carbocycles. The first kappa shape index (κ1) is 14.3. The molecule has 106 valence electrons. The van der Waals surface area contributed by atoms with Gasteiger partial charge in [-0.25, -0.2) is 21.6 Å². The molecule has 1 aliphatic heterocycles. The van der Waals surface area contributed by atoms with Crippen LogP contribution in [0.15, 0.2) is 29.2 Å². The molecule has 0 aromatic heterocycles. The highest BCUT2D eigenvalue weighted by Gasteiger charge is 2.31. The van der Waals surface area contributed by atoms with E-state index in [2.05, 4.69) is 4.72 Å². The van der Waals surface area contributed by atoms with Crippen molar-refractivity contribution in [3.8, 4) is 5.75 Å². The fraction of sp³-hybridized carbons (Fsp3) is 0.455. The van der Waals surface area contributed by atoms with Crippen molar-refractivity contribution < 1.29 is 21.6 Å². The van der Waals surface area contributed by atoms with Gasteiger partial charge in [0.05, 0.1) is 23.5 Å². The maximum absolute atomic E-state index is 12.1. The number of sulfonamides is 1. The highest BCUT2D eigenvalue weighted by molar-refractivity contribution is 7.92. The number of hydrogen-bond donors (Lipinski definition) is 1. The van der Waals surface area contributed by atoms with E-state index in [4.69, 9.17) is 4.74 Å². The fourth-order valence-electron chi connectivity index (χ4n) is 1.93. The van der Waals surface area contributed by atoms with Gasteiger partial charge in [-0.3, -0.25) is 0 Å². The van der Waals surface area contributed by atoms with Crippen molar-refractivity contribution in [2.45, 2.75) is 17.4 Å². The Balaban J connectivity index is 2.14. The minimum atomic E-state index is -3.69. The summed E-state index contributed by atoms with van der Waals surface area (Å²) in [5.74, 6) is 0.452. The van der Waals surface area contributed by atoms with E-state index in [1.807, 2.05) is 0 Å². The summed E-state index contributed by atoms with van der Waals surface area (Å²) in [4.78, 5) is 0.0950. The Labute approximate surface area is 112 Å². The molecule has 2 rings (SSSR count). The van der Waals surface area contributed by atoms with Crippen LogP contribution in [0.4, 0.5) is 0 Å². The number of ether oxygens (including phenoxy) is 1. The number of rotatable bonds is 4. The van der Waals surface area contributed by atoms with Gasteiger partial charge in [0, 0.05) is 6.04 Å². The summed E-state index contributed by atoms with van der Waals surface area (Å²) in [5.41, 5.74) is 0. The maximum atomic E-state index is 12.1. The molecule has 1 aliphatic rings. The van der Waals surface area contributed by atoms with E-state index in [0.29, 0.717) is 12.2 Å². The molecular weight excluding hydrogens is 290 g/mol. The van der Waals surface area contributed by atoms with Crippen molar-refractivity contribution >= 4 is 19.9 Å². The van der Waals surface area contributed by atoms with Crippen LogP contribution in [0.1, 0.15) is 6.42 Å². The fourth-order valence-corrected chi connectivity index (χ4v) is 4.98. The number of benzene rings is 1. The van der Waals surface area contributed by atoms with Crippen molar-refractivity contribution in [3.63, 3.8) is 0 Å². The lowest BCUT2D eigenvalue weighted by atomic mass is 10.3. The van der Waals surface area contributed by atoms with Gasteiger partial charge in [-0.15, -0.1) is 0 Å². The second-order valence-electron chi connectivity index (χ2n) is 4.40. The smallest absolute Gasteiger partial charge is 0.240 e. The molecule has 1 aromatic carbocycles. The lowest BCUT2D eigenvalue weighted by Crippen LogP contribution is -2.35. The molecule has 1 heterocycles. The molecule has 1 saturated heterocycles. The Kier molecular flexibility index (Phi) is 3.84. The number of sulfone groups is 1. The van der Waals surface area contributed by atoms with Crippen molar-refractivity contribution in [1.82, 2.24) is 4.72 Å². The zero-order chi connectivity index (χ0) is 14.1. The summed E-state index contributed by atoms with van der Waals surface area (Å²) >= 11 is 0. The van der Waals surface area contributed by atoms with Gasteiger partial charge in [0.15, 0.2) is 9.84 Å². The average molecular weight is 305 g/mol. The summed E-state index contributed by atoms with van der Waals surface area (Å²) in [6.07, 6.45) is 0.317. The van der Waals surface area contributed by atoms with E-state index in [-0.39, 0.29) is 16.4 Å². The minimum absolute atomic E-state index is 0.0306. The van der Waals surface area contributed by atoms with Crippen LogP contribution in [0.2, 0.25) is 0 Å². The summed E-state index contributed by atoms with van der Waals surface area (Å²) in [5, 5.41) is 0. The molecular formula is C11H15NO5S2. The van der Waals surface area contributed by atoms with Crippen LogP contribution < -0.4 is 9.46 Å². The van der Waals surface area contributed by atoms with Gasteiger partial charge in [-0.05, 0) is 30.7 Å². The molecule has 0 radical (unpaired) electrons. The van der Waals surface area contributed by atoms with Crippen LogP contribution in [-0.4, -0.2) is 41.5 Å². The Morgan fingerprint density at radius 2 is 1.89 bits per heavy atom. The predicted molar refractivity (Wildman–Crippen MR) is 70.4 cm³/mol. The second-order valence-corrected chi connectivity index (χ2v) is 8.34. The molecule has 0 unspecified atom stereocenters. The van der Waals surface area contributed by atoms with E-state index >= 15 is 0 Å². The van der Waals surface area contributed by atoms with Crippen LogP contribution in [0.25, 0.3) is 0 Å². The molecule has 1 aromatic rings. The Morgan fingerprint density at radius 1 is 1.26 bits per heavy atom. The van der Waals surface area contributed by atoms with Gasteiger partial charge in [-0.2, -0.15) is 0 Å². The van der Waals surface area contributed by atoms with Gasteiger partial charge in [0.2, 0.25) is 10.0 Å². The molecule has 8 heteroatoms. The van der Waals surface area contributed by atoms with Crippen LogP contribution >= 0.6 is 0 Å². The van der Waals surface area contributed by atoms with Crippen LogP contribution in [0.3, 0.4) is 0 Å². The third-order valence-electron chi connectivity index (χ3n) is 2.92. The molecule has 1 fully saturated rings. The van der Waals surface area contributed by atoms with Gasteiger partial charge >= 0.3 is 0 Å². The number of hydrogen-bond acceptors (Lipinski definition) is 5. The average Bonchev–Trinajstić information content (AvgIpc) is 2.68. The summed E-state index contributed by atoms with van der Waals surface area (Å²) in [6.45, 7) is 0. The van der Waals surface area contributed by atoms with Crippen LogP contribution in [0.5, 0.6) is 5.75 Å². The number of nitrogens with one attached hydrogen (secondary N) is 1. The lowest BCUT2D eigenvalue weighted by molar-refractivity contribution is 0.414. The van der Waals surface area contributed by atoms with E-state index in [0.717, 1.165) is 0 Å². The Hall–Kier alpha value is -1.12. The van der Waals surface area contributed by atoms with E-state index in [1.54, 1.807) is 12.1 Å². The Bertz CT molecular complexity index is 649. The first-order chi connectivity index (χ1) is 8.82. The highest BCUT2D eigenvalue weighted by atomic mass is 32.2. The lowest BCUT2D eigenvalue weighted by Gasteiger charge is -2.11. The first-order valence-corrected chi connectivity index (χ1v) is 9.00. The third-order valence-corrected chi connectivity index (χ3v) is 6.23. The monoisotopic (exact) mass is 305 g/mol. The van der Waals surface area contributed by atoms with Gasteiger partial charge in [0.25, 0.3) is 0 Å². The SMILES string of the molecule is COc1ccc(S(=O)(=O)N[C@H]2CCS(=O)(=O)C2)cc1. The predicted octanol–water partition coefficient (Wildman–Crippen LogP) is 0.161. The standard InChI is InChI=1S/C11H15NO5S2/c1-17-10-2-4-11(5-3-10)19(15,16)12-9-6-7-18(13,14)8-9/h2-5,9,12H,6-8H2,1H3/t9-/m0/s1. The Morgan fingerprint density at radius 3 is 2.37 bits per heavy atom. The van der Waals surface area contributed by atoms with Gasteiger partial charge < -0.3 is 4.74 Å². The second kappa shape index (κ2) is 5.10. The molecule has 0 spiro atoms. The molecule has 0 saturated carbocycles. The van der Waals surface area contributed by atoms with E-state index in [1.165, 1.54) is 19.2 Å². The maximum Gasteiger partial charge on any atom is 0.240 e. The van der Waals surface area contributed by atoms with Crippen molar-refractivity contribution in [2.24, 2.45) is 0 Å². The van der Waals surface area contributed by atoms with Crippen molar-refractivity contribution in [2.75, 3.05) is 18.6 Å². The van der Waals surface area contributed by atoms with Crippen molar-refractivity contribution in [3.05, 3.63) is 24.3 Å². The molecule has 19 heavy (non-hydrogen) atoms. The van der Waals surface area contributed by atoms with E-state index < -0.39 is 25.9 Å². The third kappa shape index (κ3) is 3.46. The quantitative estimate of drug-likeness (QED) is 0.856. The zero-order valence-electron chi connectivity index (χ0n) is 10.4. The summed E-state index contributed by atoms with van der Waals surface area (Å²) in [6, 6.07) is 5.38. The molecule has 0 amide bonds. The zero-order valence-corrected chi connectivity index (χ0v) is 12.0. The molecule has 1 N–H and O–H groups in total. The highest BCUT2D eigenvalue weighted by Crippen LogP contribution is 2.18. The summed E-state index contributed by atoms with van der Waals surface area (Å²) in [7, 11) is -5.31. The topological polar surface area (TPSA) is 89.5 Å². The first-order valence-electron chi connectivity index (χ1n) is 5.69. The summed E-state index contributed by atoms with van der Waals surface area (Å²) < 4.78 is 54.1. The number of methoxy groups -OCH3 is 1. The van der Waals surface area contributed by atoms with Crippen molar-refractivity contribution in [1.29, 1.82) is 0 Å². The molecule has 6 nitrogen and oxygen atoms in total. The van der Waals surface area contributed by atoms with Gasteiger partial charge in [0.1, 0.15) is 5.75 Å². The molecule has 1 atom stereocenters. The van der Waals surface area contributed by atoms with Crippen LogP contribution in [0, 0.1) is 0 Å². The van der Waals surface area contributed by atoms with Gasteiger partial charge in [-0.1, -0.05) is 0 Å². The van der Waals surface area contributed by atoms with E-state index in [9.17, 15) is 16.8 Å².